The van der Waals surface area contributed by atoms with Crippen LogP contribution in [0.4, 0.5) is 0 Å². The molecule has 0 saturated carbocycles. The Morgan fingerprint density at radius 1 is 1.21 bits per heavy atom. The molecule has 6 heteroatoms. The van der Waals surface area contributed by atoms with Crippen molar-refractivity contribution in [3.63, 3.8) is 0 Å². The van der Waals surface area contributed by atoms with Gasteiger partial charge in [0.2, 0.25) is 0 Å². The van der Waals surface area contributed by atoms with Crippen LogP contribution in [0.3, 0.4) is 0 Å². The predicted molar refractivity (Wildman–Crippen MR) is 92.9 cm³/mol. The molecule has 0 radical (unpaired) electrons. The Balaban J connectivity index is 1.49. The average Bonchev–Trinajstić information content (AvgIpc) is 3.07. The lowest BCUT2D eigenvalue weighted by atomic mass is 10.1. The fourth-order valence-corrected chi connectivity index (χ4v) is 3.04. The summed E-state index contributed by atoms with van der Waals surface area (Å²) in [5, 5.41) is 11.0. The second-order valence-corrected chi connectivity index (χ2v) is 6.39. The highest BCUT2D eigenvalue weighted by molar-refractivity contribution is 5.91. The lowest BCUT2D eigenvalue weighted by Gasteiger charge is -2.26. The van der Waals surface area contributed by atoms with Crippen LogP contribution in [0.25, 0.3) is 0 Å². The van der Waals surface area contributed by atoms with Gasteiger partial charge in [0.1, 0.15) is 0 Å². The van der Waals surface area contributed by atoms with Crippen LogP contribution in [0.5, 0.6) is 0 Å². The SMILES string of the molecule is Cc1ccccc1Cn1cc(C(=O)NCCN2CCCCC2)nn1. The van der Waals surface area contributed by atoms with E-state index >= 15 is 0 Å². The van der Waals surface area contributed by atoms with E-state index in [1.807, 2.05) is 12.1 Å². The molecule has 1 fully saturated rings. The summed E-state index contributed by atoms with van der Waals surface area (Å²) in [5.41, 5.74) is 2.77. The second-order valence-electron chi connectivity index (χ2n) is 6.39. The predicted octanol–water partition coefficient (Wildman–Crippen LogP) is 1.85. The molecule has 6 nitrogen and oxygen atoms in total. The molecule has 0 unspecified atom stereocenters. The molecule has 1 aliphatic rings. The number of aryl methyl sites for hydroxylation is 1. The molecular weight excluding hydrogens is 302 g/mol. The highest BCUT2D eigenvalue weighted by atomic mass is 16.2. The number of hydrogen-bond donors (Lipinski definition) is 1. The van der Waals surface area contributed by atoms with E-state index in [0.717, 1.165) is 19.6 Å². The quantitative estimate of drug-likeness (QED) is 0.879. The summed E-state index contributed by atoms with van der Waals surface area (Å²) in [5.74, 6) is -0.150. The summed E-state index contributed by atoms with van der Waals surface area (Å²) in [6.07, 6.45) is 5.57. The molecule has 1 amide bonds. The molecule has 0 spiro atoms. The van der Waals surface area contributed by atoms with Gasteiger partial charge in [0.25, 0.3) is 5.91 Å². The van der Waals surface area contributed by atoms with Gasteiger partial charge >= 0.3 is 0 Å². The van der Waals surface area contributed by atoms with Gasteiger partial charge in [0, 0.05) is 13.1 Å². The molecule has 24 heavy (non-hydrogen) atoms. The van der Waals surface area contributed by atoms with E-state index in [1.54, 1.807) is 10.9 Å². The topological polar surface area (TPSA) is 63.1 Å². The third kappa shape index (κ3) is 4.41. The van der Waals surface area contributed by atoms with Crippen molar-refractivity contribution in [2.45, 2.75) is 32.7 Å². The van der Waals surface area contributed by atoms with Crippen molar-refractivity contribution in [3.05, 3.63) is 47.3 Å². The molecule has 0 bridgehead atoms. The summed E-state index contributed by atoms with van der Waals surface area (Å²) in [4.78, 5) is 14.6. The van der Waals surface area contributed by atoms with Gasteiger partial charge in [0.05, 0.1) is 12.7 Å². The minimum atomic E-state index is -0.150. The standard InChI is InChI=1S/C18H25N5O/c1-15-7-3-4-8-16(15)13-23-14-17(20-21-23)18(24)19-9-12-22-10-5-2-6-11-22/h3-4,7-8,14H,2,5-6,9-13H2,1H3,(H,19,24). The van der Waals surface area contributed by atoms with Crippen molar-refractivity contribution >= 4 is 5.91 Å². The third-order valence-corrected chi connectivity index (χ3v) is 4.53. The number of hydrogen-bond acceptors (Lipinski definition) is 4. The first kappa shape index (κ1) is 16.6. The zero-order chi connectivity index (χ0) is 16.8. The number of aromatic nitrogens is 3. The van der Waals surface area contributed by atoms with Gasteiger partial charge < -0.3 is 10.2 Å². The minimum Gasteiger partial charge on any atom is -0.349 e. The monoisotopic (exact) mass is 327 g/mol. The molecule has 2 heterocycles. The number of likely N-dealkylation sites (tertiary alicyclic amines) is 1. The molecule has 1 aromatic heterocycles. The van der Waals surface area contributed by atoms with Crippen LogP contribution in [-0.4, -0.2) is 52.0 Å². The van der Waals surface area contributed by atoms with E-state index in [1.165, 1.54) is 30.4 Å². The Bertz CT molecular complexity index is 676. The Kier molecular flexibility index (Phi) is 5.59. The van der Waals surface area contributed by atoms with Crippen LogP contribution in [0, 0.1) is 6.92 Å². The summed E-state index contributed by atoms with van der Waals surface area (Å²) in [6, 6.07) is 8.16. The number of rotatable bonds is 6. The summed E-state index contributed by atoms with van der Waals surface area (Å²) in [6.45, 7) is 6.54. The maximum Gasteiger partial charge on any atom is 0.273 e. The van der Waals surface area contributed by atoms with Gasteiger partial charge in [-0.25, -0.2) is 4.68 Å². The summed E-state index contributed by atoms with van der Waals surface area (Å²) >= 11 is 0. The highest BCUT2D eigenvalue weighted by Crippen LogP contribution is 2.09. The van der Waals surface area contributed by atoms with Gasteiger partial charge in [-0.2, -0.15) is 0 Å². The van der Waals surface area contributed by atoms with Gasteiger partial charge in [-0.15, -0.1) is 5.10 Å². The highest BCUT2D eigenvalue weighted by Gasteiger charge is 2.13. The molecule has 128 valence electrons. The van der Waals surface area contributed by atoms with E-state index in [0.29, 0.717) is 18.8 Å². The Labute approximate surface area is 142 Å². The first-order valence-corrected chi connectivity index (χ1v) is 8.67. The van der Waals surface area contributed by atoms with E-state index < -0.39 is 0 Å². The van der Waals surface area contributed by atoms with Crippen molar-refractivity contribution in [2.75, 3.05) is 26.2 Å². The molecule has 1 saturated heterocycles. The van der Waals surface area contributed by atoms with Crippen LogP contribution in [0.2, 0.25) is 0 Å². The van der Waals surface area contributed by atoms with E-state index in [2.05, 4.69) is 39.6 Å². The number of piperidine rings is 1. The smallest absolute Gasteiger partial charge is 0.273 e. The van der Waals surface area contributed by atoms with Gasteiger partial charge in [-0.1, -0.05) is 35.9 Å². The van der Waals surface area contributed by atoms with Gasteiger partial charge in [0.15, 0.2) is 5.69 Å². The first-order valence-electron chi connectivity index (χ1n) is 8.67. The lowest BCUT2D eigenvalue weighted by molar-refractivity contribution is 0.0941. The number of nitrogens with one attached hydrogen (secondary N) is 1. The molecule has 1 aromatic carbocycles. The lowest BCUT2D eigenvalue weighted by Crippen LogP contribution is -2.37. The van der Waals surface area contributed by atoms with E-state index in [4.69, 9.17) is 0 Å². The third-order valence-electron chi connectivity index (χ3n) is 4.53. The largest absolute Gasteiger partial charge is 0.349 e. The molecular formula is C18H25N5O. The average molecular weight is 327 g/mol. The number of nitrogens with zero attached hydrogens (tertiary/aromatic N) is 4. The minimum absolute atomic E-state index is 0.150. The van der Waals surface area contributed by atoms with Gasteiger partial charge in [-0.3, -0.25) is 4.79 Å². The van der Waals surface area contributed by atoms with Crippen LogP contribution >= 0.6 is 0 Å². The number of carbonyl (C=O) groups is 1. The van der Waals surface area contributed by atoms with Crippen LogP contribution < -0.4 is 5.32 Å². The molecule has 2 aromatic rings. The van der Waals surface area contributed by atoms with Crippen molar-refractivity contribution in [1.29, 1.82) is 0 Å². The summed E-state index contributed by atoms with van der Waals surface area (Å²) in [7, 11) is 0. The van der Waals surface area contributed by atoms with Crippen LogP contribution in [0.1, 0.15) is 40.9 Å². The van der Waals surface area contributed by atoms with Crippen molar-refractivity contribution < 1.29 is 4.79 Å². The Hall–Kier alpha value is -2.21. The normalized spacial score (nSPS) is 15.4. The van der Waals surface area contributed by atoms with Crippen LogP contribution in [-0.2, 0) is 6.54 Å². The van der Waals surface area contributed by atoms with Crippen molar-refractivity contribution in [2.24, 2.45) is 0 Å². The zero-order valence-corrected chi connectivity index (χ0v) is 14.2. The molecule has 0 atom stereocenters. The number of amides is 1. The summed E-state index contributed by atoms with van der Waals surface area (Å²) < 4.78 is 1.71. The zero-order valence-electron chi connectivity index (χ0n) is 14.2. The van der Waals surface area contributed by atoms with E-state index in [9.17, 15) is 4.79 Å². The van der Waals surface area contributed by atoms with Crippen molar-refractivity contribution in [3.8, 4) is 0 Å². The number of benzene rings is 1. The van der Waals surface area contributed by atoms with Gasteiger partial charge in [-0.05, 0) is 44.0 Å². The van der Waals surface area contributed by atoms with Crippen molar-refractivity contribution in [1.82, 2.24) is 25.2 Å². The molecule has 1 N–H and O–H groups in total. The second kappa shape index (κ2) is 8.06. The molecule has 3 rings (SSSR count). The first-order chi connectivity index (χ1) is 11.7. The molecule has 0 aliphatic carbocycles. The fraction of sp³-hybridized carbons (Fsp3) is 0.500. The van der Waals surface area contributed by atoms with E-state index in [-0.39, 0.29) is 5.91 Å². The van der Waals surface area contributed by atoms with Crippen LogP contribution in [0.15, 0.2) is 30.5 Å². The maximum absolute atomic E-state index is 12.2. The fourth-order valence-electron chi connectivity index (χ4n) is 3.04. The maximum atomic E-state index is 12.2. The molecule has 1 aliphatic heterocycles. The number of carbonyl (C=O) groups excluding carboxylic acids is 1. The Morgan fingerprint density at radius 2 is 2.00 bits per heavy atom. The Morgan fingerprint density at radius 3 is 2.79 bits per heavy atom.